The van der Waals surface area contributed by atoms with Crippen LogP contribution in [-0.4, -0.2) is 5.11 Å². The molecule has 2 nitrogen and oxygen atoms in total. The first-order valence-corrected chi connectivity index (χ1v) is 8.66. The van der Waals surface area contributed by atoms with Crippen LogP contribution >= 0.6 is 8.58 Å². The van der Waals surface area contributed by atoms with Crippen molar-refractivity contribution in [2.24, 2.45) is 0 Å². The highest BCUT2D eigenvalue weighted by Gasteiger charge is 2.07. The van der Waals surface area contributed by atoms with Gasteiger partial charge in [0.05, 0.1) is 0 Å². The van der Waals surface area contributed by atoms with Gasteiger partial charge in [0, 0.05) is 17.5 Å². The van der Waals surface area contributed by atoms with Gasteiger partial charge in [0.25, 0.3) is 0 Å². The van der Waals surface area contributed by atoms with E-state index < -0.39 is 0 Å². The largest absolute Gasteiger partial charge is 0.507 e. The van der Waals surface area contributed by atoms with Gasteiger partial charge < -0.3 is 10.4 Å². The molecule has 2 N–H and O–H groups in total. The minimum Gasteiger partial charge on any atom is -0.507 e. The average molecular weight is 321 g/mol. The molecule has 0 aliphatic rings. The Bertz CT molecular complexity index is 787. The van der Waals surface area contributed by atoms with Gasteiger partial charge in [-0.3, -0.25) is 0 Å². The Hall–Kier alpha value is -2.31. The number of hydrogen-bond donors (Lipinski definition) is 2. The molecule has 0 fully saturated rings. The van der Waals surface area contributed by atoms with E-state index in [0.29, 0.717) is 14.3 Å². The molecule has 116 valence electrons. The molecule has 0 aliphatic heterocycles. The minimum atomic E-state index is 0.375. The van der Waals surface area contributed by atoms with Crippen LogP contribution in [0.2, 0.25) is 0 Å². The second-order valence-corrected chi connectivity index (χ2v) is 6.85. The molecule has 0 saturated carbocycles. The standard InChI is InChI=1S/C20H20NOP/c1-15-11-12-18(22)20(13-15)23-19-10-6-5-7-16(19)14-21-17-8-3-2-4-9-17/h2-13,21-23H,14H2,1H3. The van der Waals surface area contributed by atoms with E-state index in [2.05, 4.69) is 54.7 Å². The molecule has 3 aromatic carbocycles. The Labute approximate surface area is 139 Å². The fourth-order valence-corrected chi connectivity index (χ4v) is 3.76. The van der Waals surface area contributed by atoms with Crippen molar-refractivity contribution in [3.63, 3.8) is 0 Å². The zero-order chi connectivity index (χ0) is 16.1. The molecule has 3 heteroatoms. The van der Waals surface area contributed by atoms with Crippen molar-refractivity contribution in [1.29, 1.82) is 0 Å². The topological polar surface area (TPSA) is 32.3 Å². The molecular weight excluding hydrogens is 301 g/mol. The number of aromatic hydroxyl groups is 1. The van der Waals surface area contributed by atoms with Gasteiger partial charge in [-0.1, -0.05) is 62.7 Å². The summed E-state index contributed by atoms with van der Waals surface area (Å²) >= 11 is 0. The van der Waals surface area contributed by atoms with Crippen molar-refractivity contribution < 1.29 is 5.11 Å². The number of phenols is 1. The van der Waals surface area contributed by atoms with Crippen LogP contribution in [0.5, 0.6) is 5.75 Å². The molecule has 0 spiro atoms. The summed E-state index contributed by atoms with van der Waals surface area (Å²) in [4.78, 5) is 0. The van der Waals surface area contributed by atoms with Crippen LogP contribution in [0.25, 0.3) is 0 Å². The average Bonchev–Trinajstić information content (AvgIpc) is 2.58. The minimum absolute atomic E-state index is 0.375. The quantitative estimate of drug-likeness (QED) is 0.698. The van der Waals surface area contributed by atoms with Crippen molar-refractivity contribution >= 4 is 24.9 Å². The second kappa shape index (κ2) is 7.30. The second-order valence-electron chi connectivity index (χ2n) is 5.52. The molecule has 0 aliphatic carbocycles. The first-order chi connectivity index (χ1) is 11.2. The van der Waals surface area contributed by atoms with Crippen molar-refractivity contribution in [3.05, 3.63) is 83.9 Å². The van der Waals surface area contributed by atoms with Crippen LogP contribution in [0.1, 0.15) is 11.1 Å². The number of para-hydroxylation sites is 1. The third-order valence-corrected chi connectivity index (χ3v) is 5.12. The predicted octanol–water partition coefficient (Wildman–Crippen LogP) is 3.94. The van der Waals surface area contributed by atoms with Crippen LogP contribution in [-0.2, 0) is 6.54 Å². The van der Waals surface area contributed by atoms with Gasteiger partial charge in [0.1, 0.15) is 5.75 Å². The van der Waals surface area contributed by atoms with Gasteiger partial charge >= 0.3 is 0 Å². The fraction of sp³-hybridized carbons (Fsp3) is 0.100. The maximum atomic E-state index is 10.1. The zero-order valence-corrected chi connectivity index (χ0v) is 14.1. The Morgan fingerprint density at radius 3 is 2.43 bits per heavy atom. The van der Waals surface area contributed by atoms with Crippen molar-refractivity contribution in [2.45, 2.75) is 13.5 Å². The smallest absolute Gasteiger partial charge is 0.123 e. The molecule has 0 bridgehead atoms. The summed E-state index contributed by atoms with van der Waals surface area (Å²) in [5, 5.41) is 15.8. The van der Waals surface area contributed by atoms with Crippen LogP contribution < -0.4 is 15.9 Å². The van der Waals surface area contributed by atoms with E-state index in [1.165, 1.54) is 16.4 Å². The van der Waals surface area contributed by atoms with E-state index in [1.807, 2.05) is 24.3 Å². The van der Waals surface area contributed by atoms with Crippen LogP contribution in [0.4, 0.5) is 5.69 Å². The first kappa shape index (κ1) is 15.6. The maximum absolute atomic E-state index is 10.1. The van der Waals surface area contributed by atoms with Crippen molar-refractivity contribution in [1.82, 2.24) is 0 Å². The maximum Gasteiger partial charge on any atom is 0.123 e. The number of hydrogen-bond acceptors (Lipinski definition) is 2. The molecule has 1 atom stereocenters. The van der Waals surface area contributed by atoms with Gasteiger partial charge in [-0.2, -0.15) is 0 Å². The lowest BCUT2D eigenvalue weighted by Crippen LogP contribution is -2.12. The lowest BCUT2D eigenvalue weighted by Gasteiger charge is -2.13. The van der Waals surface area contributed by atoms with Gasteiger partial charge in [-0.15, -0.1) is 0 Å². The van der Waals surface area contributed by atoms with E-state index >= 15 is 0 Å². The van der Waals surface area contributed by atoms with E-state index in [-0.39, 0.29) is 0 Å². The third-order valence-electron chi connectivity index (χ3n) is 3.70. The van der Waals surface area contributed by atoms with Crippen LogP contribution in [0, 0.1) is 6.92 Å². The molecular formula is C20H20NOP. The molecule has 0 heterocycles. The molecule has 1 unspecified atom stereocenters. The van der Waals surface area contributed by atoms with Gasteiger partial charge in [0.2, 0.25) is 0 Å². The normalized spacial score (nSPS) is 11.0. The molecule has 3 rings (SSSR count). The number of rotatable bonds is 5. The highest BCUT2D eigenvalue weighted by atomic mass is 31.1. The first-order valence-electron chi connectivity index (χ1n) is 7.66. The molecule has 0 amide bonds. The molecule has 0 aromatic heterocycles. The molecule has 0 radical (unpaired) electrons. The SMILES string of the molecule is Cc1ccc(O)c(Pc2ccccc2CNc2ccccc2)c1. The van der Waals surface area contributed by atoms with Crippen LogP contribution in [0.3, 0.4) is 0 Å². The Balaban J connectivity index is 1.79. The number of aryl methyl sites for hydroxylation is 1. The molecule has 23 heavy (non-hydrogen) atoms. The lowest BCUT2D eigenvalue weighted by atomic mass is 10.2. The Morgan fingerprint density at radius 2 is 1.61 bits per heavy atom. The summed E-state index contributed by atoms with van der Waals surface area (Å²) in [7, 11) is 0.448. The summed E-state index contributed by atoms with van der Waals surface area (Å²) in [5.41, 5.74) is 3.55. The third kappa shape index (κ3) is 4.12. The number of phenolic OH excluding ortho intramolecular Hbond substituents is 1. The lowest BCUT2D eigenvalue weighted by molar-refractivity contribution is 0.479. The van der Waals surface area contributed by atoms with Gasteiger partial charge in [0.15, 0.2) is 0 Å². The summed E-state index contributed by atoms with van der Waals surface area (Å²) in [6.07, 6.45) is 0. The monoisotopic (exact) mass is 321 g/mol. The zero-order valence-electron chi connectivity index (χ0n) is 13.1. The van der Waals surface area contributed by atoms with Gasteiger partial charge in [-0.05, 0) is 42.1 Å². The predicted molar refractivity (Wildman–Crippen MR) is 101 cm³/mol. The van der Waals surface area contributed by atoms with E-state index in [9.17, 15) is 5.11 Å². The van der Waals surface area contributed by atoms with E-state index in [1.54, 1.807) is 6.07 Å². The van der Waals surface area contributed by atoms with E-state index in [0.717, 1.165) is 17.5 Å². The van der Waals surface area contributed by atoms with Gasteiger partial charge in [-0.25, -0.2) is 0 Å². The number of anilines is 1. The summed E-state index contributed by atoms with van der Waals surface area (Å²) in [6, 6.07) is 24.4. The number of nitrogens with one attached hydrogen (secondary N) is 1. The molecule has 3 aromatic rings. The van der Waals surface area contributed by atoms with E-state index in [4.69, 9.17) is 0 Å². The number of benzene rings is 3. The summed E-state index contributed by atoms with van der Waals surface area (Å²) < 4.78 is 0. The summed E-state index contributed by atoms with van der Waals surface area (Å²) in [6.45, 7) is 2.83. The highest BCUT2D eigenvalue weighted by molar-refractivity contribution is 7.55. The highest BCUT2D eigenvalue weighted by Crippen LogP contribution is 2.21. The Morgan fingerprint density at radius 1 is 0.870 bits per heavy atom. The van der Waals surface area contributed by atoms with Crippen LogP contribution in [0.15, 0.2) is 72.8 Å². The van der Waals surface area contributed by atoms with Crippen molar-refractivity contribution in [2.75, 3.05) is 5.32 Å². The summed E-state index contributed by atoms with van der Waals surface area (Å²) in [5.74, 6) is 0.375. The molecule has 0 saturated heterocycles. The van der Waals surface area contributed by atoms with Crippen molar-refractivity contribution in [3.8, 4) is 5.75 Å². The fourth-order valence-electron chi connectivity index (χ4n) is 2.44. The Kier molecular flexibility index (Phi) is 4.95.